The molecule has 2 rings (SSSR count). The maximum absolute atomic E-state index is 11.3. The number of aliphatic hydroxyl groups is 1. The Balaban J connectivity index is 1.80. The van der Waals surface area contributed by atoms with E-state index in [0.29, 0.717) is 12.8 Å². The first-order valence-corrected chi connectivity index (χ1v) is 7.19. The van der Waals surface area contributed by atoms with Crippen LogP contribution < -0.4 is 0 Å². The third-order valence-corrected chi connectivity index (χ3v) is 4.00. The summed E-state index contributed by atoms with van der Waals surface area (Å²) >= 11 is 1.49. The summed E-state index contributed by atoms with van der Waals surface area (Å²) in [5.41, 5.74) is -0.0257. The zero-order valence-electron chi connectivity index (χ0n) is 10.7. The summed E-state index contributed by atoms with van der Waals surface area (Å²) in [5, 5.41) is 20.6. The molecule has 1 aliphatic rings. The topological polar surface area (TPSA) is 93.3 Å². The number of nitro groups is 1. The molecule has 1 atom stereocenters. The lowest BCUT2D eigenvalue weighted by Crippen LogP contribution is -2.14. The van der Waals surface area contributed by atoms with Crippen molar-refractivity contribution in [1.82, 2.24) is 4.98 Å². The van der Waals surface area contributed by atoms with E-state index in [9.17, 15) is 20.0 Å². The lowest BCUT2D eigenvalue weighted by atomic mass is 9.90. The van der Waals surface area contributed by atoms with Crippen LogP contribution in [0.15, 0.2) is 35.2 Å². The van der Waals surface area contributed by atoms with Crippen molar-refractivity contribution in [3.63, 3.8) is 0 Å². The molecule has 0 spiro atoms. The van der Waals surface area contributed by atoms with Crippen LogP contribution in [0.1, 0.15) is 19.3 Å². The number of ketones is 1. The van der Waals surface area contributed by atoms with Crippen molar-refractivity contribution in [2.45, 2.75) is 24.3 Å². The minimum absolute atomic E-state index is 0.0257. The van der Waals surface area contributed by atoms with Gasteiger partial charge >= 0.3 is 0 Å². The number of allylic oxidation sites excluding steroid dienone is 2. The van der Waals surface area contributed by atoms with Gasteiger partial charge in [0.15, 0.2) is 5.78 Å². The number of aliphatic hydroxyl groups excluding tert-OH is 1. The number of pyridine rings is 1. The monoisotopic (exact) mass is 294 g/mol. The first-order valence-electron chi connectivity index (χ1n) is 6.20. The molecule has 0 amide bonds. The molecular formula is C13H14N2O4S. The molecule has 0 fully saturated rings. The molecule has 1 heterocycles. The van der Waals surface area contributed by atoms with Crippen LogP contribution in [0.25, 0.3) is 0 Å². The van der Waals surface area contributed by atoms with Gasteiger partial charge in [0.25, 0.3) is 5.69 Å². The predicted molar refractivity (Wildman–Crippen MR) is 74.7 cm³/mol. The molecule has 7 heteroatoms. The Morgan fingerprint density at radius 2 is 2.25 bits per heavy atom. The standard InChI is InChI=1S/C13H14N2O4S/c16-11-5-9(6-12(17)7-11)3-4-20-13-2-1-10(8-14-13)15(18)19/h1-2,7-9,16H,3-6H2. The fraction of sp³-hybridized carbons (Fsp3) is 0.385. The van der Waals surface area contributed by atoms with E-state index in [2.05, 4.69) is 4.98 Å². The molecule has 1 aromatic rings. The lowest BCUT2D eigenvalue weighted by molar-refractivity contribution is -0.385. The van der Waals surface area contributed by atoms with Gasteiger partial charge in [0, 0.05) is 25.0 Å². The summed E-state index contributed by atoms with van der Waals surface area (Å²) in [5.74, 6) is 1.05. The summed E-state index contributed by atoms with van der Waals surface area (Å²) in [6.45, 7) is 0. The molecule has 0 aliphatic heterocycles. The molecule has 0 radical (unpaired) electrons. The number of carbonyl (C=O) groups is 1. The summed E-state index contributed by atoms with van der Waals surface area (Å²) in [4.78, 5) is 25.3. The van der Waals surface area contributed by atoms with Gasteiger partial charge < -0.3 is 5.11 Å². The highest BCUT2D eigenvalue weighted by Gasteiger charge is 2.20. The Morgan fingerprint density at radius 1 is 1.45 bits per heavy atom. The lowest BCUT2D eigenvalue weighted by Gasteiger charge is -2.18. The molecule has 0 bridgehead atoms. The fourth-order valence-electron chi connectivity index (χ4n) is 2.06. The van der Waals surface area contributed by atoms with Gasteiger partial charge in [0.05, 0.1) is 15.7 Å². The second-order valence-corrected chi connectivity index (χ2v) is 5.74. The van der Waals surface area contributed by atoms with E-state index in [0.717, 1.165) is 17.2 Å². The van der Waals surface area contributed by atoms with Crippen molar-refractivity contribution in [3.05, 3.63) is 40.3 Å². The molecule has 0 saturated heterocycles. The fourth-order valence-corrected chi connectivity index (χ4v) is 3.01. The summed E-state index contributed by atoms with van der Waals surface area (Å²) in [6, 6.07) is 3.04. The van der Waals surface area contributed by atoms with E-state index in [1.165, 1.54) is 30.1 Å². The van der Waals surface area contributed by atoms with Gasteiger partial charge in [-0.25, -0.2) is 4.98 Å². The van der Waals surface area contributed by atoms with Crippen LogP contribution >= 0.6 is 11.8 Å². The highest BCUT2D eigenvalue weighted by molar-refractivity contribution is 7.99. The largest absolute Gasteiger partial charge is 0.512 e. The number of carbonyl (C=O) groups excluding carboxylic acids is 1. The van der Waals surface area contributed by atoms with Crippen molar-refractivity contribution in [2.75, 3.05) is 5.75 Å². The average molecular weight is 294 g/mol. The average Bonchev–Trinajstić information content (AvgIpc) is 2.38. The van der Waals surface area contributed by atoms with Crippen molar-refractivity contribution >= 4 is 23.2 Å². The van der Waals surface area contributed by atoms with Crippen LogP contribution in [0, 0.1) is 16.0 Å². The van der Waals surface area contributed by atoms with Crippen LogP contribution in [0.2, 0.25) is 0 Å². The first-order chi connectivity index (χ1) is 9.54. The molecule has 1 aliphatic carbocycles. The number of rotatable bonds is 5. The maximum Gasteiger partial charge on any atom is 0.287 e. The second kappa shape index (κ2) is 6.51. The third-order valence-electron chi connectivity index (χ3n) is 3.02. The molecule has 0 saturated carbocycles. The summed E-state index contributed by atoms with van der Waals surface area (Å²) in [7, 11) is 0. The molecular weight excluding hydrogens is 280 g/mol. The molecule has 0 aromatic carbocycles. The first kappa shape index (κ1) is 14.5. The van der Waals surface area contributed by atoms with Crippen molar-refractivity contribution < 1.29 is 14.8 Å². The Labute approximate surface area is 120 Å². The molecule has 106 valence electrons. The van der Waals surface area contributed by atoms with Gasteiger partial charge in [-0.3, -0.25) is 14.9 Å². The number of hydrogen-bond donors (Lipinski definition) is 1. The van der Waals surface area contributed by atoms with Gasteiger partial charge in [0.2, 0.25) is 0 Å². The molecule has 20 heavy (non-hydrogen) atoms. The predicted octanol–water partition coefficient (Wildman–Crippen LogP) is 2.89. The van der Waals surface area contributed by atoms with E-state index < -0.39 is 4.92 Å². The minimum atomic E-state index is -0.482. The van der Waals surface area contributed by atoms with Crippen LogP contribution in [0.5, 0.6) is 0 Å². The van der Waals surface area contributed by atoms with Crippen molar-refractivity contribution in [3.8, 4) is 0 Å². The van der Waals surface area contributed by atoms with E-state index >= 15 is 0 Å². The van der Waals surface area contributed by atoms with E-state index in [-0.39, 0.29) is 23.1 Å². The molecule has 1 N–H and O–H groups in total. The Kier molecular flexibility index (Phi) is 4.73. The van der Waals surface area contributed by atoms with Gasteiger partial charge in [-0.2, -0.15) is 0 Å². The highest BCUT2D eigenvalue weighted by Crippen LogP contribution is 2.27. The van der Waals surface area contributed by atoms with E-state index in [1.54, 1.807) is 6.07 Å². The minimum Gasteiger partial charge on any atom is -0.512 e. The quantitative estimate of drug-likeness (QED) is 0.510. The maximum atomic E-state index is 11.3. The van der Waals surface area contributed by atoms with E-state index in [4.69, 9.17) is 0 Å². The van der Waals surface area contributed by atoms with Crippen LogP contribution in [0.4, 0.5) is 5.69 Å². The Bertz CT molecular complexity index is 542. The van der Waals surface area contributed by atoms with Crippen molar-refractivity contribution in [1.29, 1.82) is 0 Å². The smallest absolute Gasteiger partial charge is 0.287 e. The van der Waals surface area contributed by atoms with Gasteiger partial charge in [-0.1, -0.05) is 0 Å². The second-order valence-electron chi connectivity index (χ2n) is 4.63. The molecule has 6 nitrogen and oxygen atoms in total. The van der Waals surface area contributed by atoms with E-state index in [1.807, 2.05) is 0 Å². The zero-order valence-corrected chi connectivity index (χ0v) is 11.5. The number of nitrogens with zero attached hydrogens (tertiary/aromatic N) is 2. The van der Waals surface area contributed by atoms with Gasteiger partial charge in [-0.05, 0) is 24.2 Å². The van der Waals surface area contributed by atoms with Gasteiger partial charge in [0.1, 0.15) is 6.20 Å². The number of thioether (sulfide) groups is 1. The molecule has 1 aromatic heterocycles. The number of aromatic nitrogens is 1. The van der Waals surface area contributed by atoms with Crippen LogP contribution in [0.3, 0.4) is 0 Å². The van der Waals surface area contributed by atoms with Crippen LogP contribution in [-0.4, -0.2) is 26.5 Å². The summed E-state index contributed by atoms with van der Waals surface area (Å²) in [6.07, 6.45) is 4.34. The number of hydrogen-bond acceptors (Lipinski definition) is 6. The normalized spacial score (nSPS) is 18.7. The Hall–Kier alpha value is -1.89. The molecule has 1 unspecified atom stereocenters. The zero-order chi connectivity index (χ0) is 14.5. The summed E-state index contributed by atoms with van der Waals surface area (Å²) < 4.78 is 0. The van der Waals surface area contributed by atoms with Gasteiger partial charge in [-0.15, -0.1) is 11.8 Å². The Morgan fingerprint density at radius 3 is 2.85 bits per heavy atom. The SMILES string of the molecule is O=C1C=C(O)CC(CCSc2ccc([N+](=O)[O-])cn2)C1. The van der Waals surface area contributed by atoms with Crippen LogP contribution in [-0.2, 0) is 4.79 Å². The highest BCUT2D eigenvalue weighted by atomic mass is 32.2. The van der Waals surface area contributed by atoms with Crippen molar-refractivity contribution in [2.24, 2.45) is 5.92 Å². The third kappa shape index (κ3) is 4.06.